The van der Waals surface area contributed by atoms with Crippen LogP contribution in [0.3, 0.4) is 0 Å². The summed E-state index contributed by atoms with van der Waals surface area (Å²) in [6.07, 6.45) is 3.34. The van der Waals surface area contributed by atoms with Gasteiger partial charge >= 0.3 is 0 Å². The number of nitrogens with one attached hydrogen (secondary N) is 1. The van der Waals surface area contributed by atoms with Gasteiger partial charge in [0.05, 0.1) is 25.2 Å². The number of hydrogen-bond acceptors (Lipinski definition) is 6. The maximum atomic E-state index is 11.1. The number of carbonyl (C=O) groups is 1. The lowest BCUT2D eigenvalue weighted by molar-refractivity contribution is -0.128. The van der Waals surface area contributed by atoms with Gasteiger partial charge < -0.3 is 9.47 Å². The van der Waals surface area contributed by atoms with Gasteiger partial charge in [0.25, 0.3) is 0 Å². The lowest BCUT2D eigenvalue weighted by Crippen LogP contribution is -2.20. The number of rotatable bonds is 5. The number of carbonyl (C=O) groups excluding carboxylic acids is 1. The van der Waals surface area contributed by atoms with Gasteiger partial charge in [0.2, 0.25) is 5.91 Å². The van der Waals surface area contributed by atoms with Crippen molar-refractivity contribution >= 4 is 16.9 Å². The van der Waals surface area contributed by atoms with Crippen LogP contribution < -0.4 is 15.0 Å². The van der Waals surface area contributed by atoms with E-state index in [9.17, 15) is 4.79 Å². The molecule has 0 saturated carbocycles. The minimum absolute atomic E-state index is 0.0936. The maximum absolute atomic E-state index is 11.1. The van der Waals surface area contributed by atoms with E-state index in [4.69, 9.17) is 14.7 Å². The summed E-state index contributed by atoms with van der Waals surface area (Å²) in [5.74, 6) is 1.33. The number of nitrogens with zero attached hydrogens (tertiary/aromatic N) is 2. The van der Waals surface area contributed by atoms with Crippen molar-refractivity contribution in [3.05, 3.63) is 54.4 Å². The molecule has 2 aromatic heterocycles. The molecule has 0 radical (unpaired) electrons. The first-order valence-electron chi connectivity index (χ1n) is 7.18. The second-order valence-electron chi connectivity index (χ2n) is 5.01. The third-order valence-corrected chi connectivity index (χ3v) is 3.39. The summed E-state index contributed by atoms with van der Waals surface area (Å²) >= 11 is 0. The van der Waals surface area contributed by atoms with Crippen molar-refractivity contribution in [3.63, 3.8) is 0 Å². The Hall–Kier alpha value is -3.19. The van der Waals surface area contributed by atoms with Gasteiger partial charge in [0.1, 0.15) is 17.0 Å². The van der Waals surface area contributed by atoms with E-state index in [0.29, 0.717) is 28.3 Å². The normalized spacial score (nSPS) is 10.4. The van der Waals surface area contributed by atoms with Gasteiger partial charge in [0, 0.05) is 18.3 Å². The predicted molar refractivity (Wildman–Crippen MR) is 86.2 cm³/mol. The molecule has 2 heterocycles. The van der Waals surface area contributed by atoms with Crippen molar-refractivity contribution in [2.24, 2.45) is 0 Å². The van der Waals surface area contributed by atoms with E-state index in [1.54, 1.807) is 61.4 Å². The molecule has 0 unspecified atom stereocenters. The Morgan fingerprint density at radius 2 is 1.96 bits per heavy atom. The van der Waals surface area contributed by atoms with Crippen LogP contribution in [0.4, 0.5) is 0 Å². The van der Waals surface area contributed by atoms with Crippen LogP contribution in [0.25, 0.3) is 11.0 Å². The molecule has 0 bridgehead atoms. The first-order chi connectivity index (χ1) is 11.7. The summed E-state index contributed by atoms with van der Waals surface area (Å²) in [5.41, 5.74) is 3.66. The minimum Gasteiger partial charge on any atom is -0.495 e. The Bertz CT molecular complexity index is 865. The van der Waals surface area contributed by atoms with Crippen LogP contribution in [0.2, 0.25) is 0 Å². The number of fused-ring (bicyclic) bond motifs is 1. The van der Waals surface area contributed by atoms with Gasteiger partial charge in [-0.2, -0.15) is 0 Å². The summed E-state index contributed by atoms with van der Waals surface area (Å²) < 4.78 is 11.0. The maximum Gasteiger partial charge on any atom is 0.247 e. The summed E-state index contributed by atoms with van der Waals surface area (Å²) in [4.78, 5) is 19.7. The number of aromatic nitrogens is 2. The van der Waals surface area contributed by atoms with Crippen molar-refractivity contribution in [2.75, 3.05) is 7.11 Å². The first kappa shape index (κ1) is 15.7. The Morgan fingerprint density at radius 3 is 2.67 bits per heavy atom. The molecule has 3 aromatic rings. The summed E-state index contributed by atoms with van der Waals surface area (Å²) in [7, 11) is 1.57. The van der Waals surface area contributed by atoms with Gasteiger partial charge in [-0.1, -0.05) is 12.1 Å². The quantitative estimate of drug-likeness (QED) is 0.553. The van der Waals surface area contributed by atoms with Crippen molar-refractivity contribution < 1.29 is 19.5 Å². The minimum atomic E-state index is -0.470. The highest BCUT2D eigenvalue weighted by molar-refractivity contribution is 5.81. The van der Waals surface area contributed by atoms with Gasteiger partial charge in [-0.25, -0.2) is 10.5 Å². The number of amides is 1. The molecule has 3 rings (SSSR count). The summed E-state index contributed by atoms with van der Waals surface area (Å²) in [6, 6.07) is 10.5. The number of hydrogen-bond donors (Lipinski definition) is 2. The van der Waals surface area contributed by atoms with Crippen LogP contribution in [0.5, 0.6) is 17.2 Å². The van der Waals surface area contributed by atoms with E-state index in [-0.39, 0.29) is 6.42 Å². The molecule has 0 aliphatic carbocycles. The molecule has 0 fully saturated rings. The van der Waals surface area contributed by atoms with Crippen molar-refractivity contribution in [1.29, 1.82) is 0 Å². The van der Waals surface area contributed by atoms with E-state index >= 15 is 0 Å². The zero-order chi connectivity index (χ0) is 16.9. The molecule has 1 amide bonds. The highest BCUT2D eigenvalue weighted by atomic mass is 16.5. The molecule has 1 aromatic carbocycles. The van der Waals surface area contributed by atoms with E-state index < -0.39 is 5.91 Å². The molecule has 0 aliphatic rings. The Labute approximate surface area is 137 Å². The van der Waals surface area contributed by atoms with Gasteiger partial charge in [-0.05, 0) is 17.7 Å². The highest BCUT2D eigenvalue weighted by Crippen LogP contribution is 2.29. The van der Waals surface area contributed by atoms with Crippen LogP contribution in [0.1, 0.15) is 5.56 Å². The van der Waals surface area contributed by atoms with Gasteiger partial charge in [-0.15, -0.1) is 0 Å². The number of benzene rings is 1. The highest BCUT2D eigenvalue weighted by Gasteiger charge is 2.08. The Kier molecular flexibility index (Phi) is 4.53. The lowest BCUT2D eigenvalue weighted by atomic mass is 10.1. The van der Waals surface area contributed by atoms with Gasteiger partial charge in [0.15, 0.2) is 5.75 Å². The zero-order valence-corrected chi connectivity index (χ0v) is 12.9. The lowest BCUT2D eigenvalue weighted by Gasteiger charge is -2.09. The SMILES string of the molecule is COc1cnc2c(Oc3ccc(CC(=O)NO)cc3)ccnc2c1. The number of methoxy groups -OCH3 is 1. The molecule has 7 nitrogen and oxygen atoms in total. The van der Waals surface area contributed by atoms with Crippen LogP contribution in [0, 0.1) is 0 Å². The van der Waals surface area contributed by atoms with Crippen LogP contribution in [-0.2, 0) is 11.2 Å². The molecule has 7 heteroatoms. The van der Waals surface area contributed by atoms with E-state index in [2.05, 4.69) is 9.97 Å². The number of ether oxygens (including phenoxy) is 2. The molecule has 0 saturated heterocycles. The van der Waals surface area contributed by atoms with E-state index in [1.165, 1.54) is 0 Å². The second-order valence-corrected chi connectivity index (χ2v) is 5.01. The number of hydroxylamine groups is 1. The molecule has 2 N–H and O–H groups in total. The second kappa shape index (κ2) is 6.93. The fraction of sp³-hybridized carbons (Fsp3) is 0.118. The summed E-state index contributed by atoms with van der Waals surface area (Å²) in [5, 5.41) is 8.54. The van der Waals surface area contributed by atoms with Gasteiger partial charge in [-0.3, -0.25) is 15.0 Å². The average molecular weight is 325 g/mol. The smallest absolute Gasteiger partial charge is 0.247 e. The fourth-order valence-corrected chi connectivity index (χ4v) is 2.21. The molecule has 0 spiro atoms. The third-order valence-electron chi connectivity index (χ3n) is 3.39. The monoisotopic (exact) mass is 325 g/mol. The fourth-order valence-electron chi connectivity index (χ4n) is 2.21. The van der Waals surface area contributed by atoms with Crippen molar-refractivity contribution in [1.82, 2.24) is 15.4 Å². The van der Waals surface area contributed by atoms with Crippen LogP contribution in [-0.4, -0.2) is 28.2 Å². The molecular formula is C17H15N3O4. The topological polar surface area (TPSA) is 93.6 Å². The van der Waals surface area contributed by atoms with E-state index in [1.807, 2.05) is 0 Å². The van der Waals surface area contributed by atoms with Crippen molar-refractivity contribution in [3.8, 4) is 17.2 Å². The molecule has 0 aliphatic heterocycles. The van der Waals surface area contributed by atoms with E-state index in [0.717, 1.165) is 5.56 Å². The van der Waals surface area contributed by atoms with Crippen LogP contribution >= 0.6 is 0 Å². The Morgan fingerprint density at radius 1 is 1.17 bits per heavy atom. The molecule has 24 heavy (non-hydrogen) atoms. The average Bonchev–Trinajstić information content (AvgIpc) is 2.63. The predicted octanol–water partition coefficient (Wildman–Crippen LogP) is 2.48. The Balaban J connectivity index is 1.83. The number of pyridine rings is 2. The largest absolute Gasteiger partial charge is 0.495 e. The third kappa shape index (κ3) is 3.41. The van der Waals surface area contributed by atoms with Crippen LogP contribution in [0.15, 0.2) is 48.8 Å². The molecular weight excluding hydrogens is 310 g/mol. The standard InChI is InChI=1S/C17H15N3O4/c1-23-13-9-14-17(19-10-13)15(6-7-18-14)24-12-4-2-11(3-5-12)8-16(21)20-22/h2-7,9-10,22H,8H2,1H3,(H,20,21). The summed E-state index contributed by atoms with van der Waals surface area (Å²) in [6.45, 7) is 0. The van der Waals surface area contributed by atoms with Crippen molar-refractivity contribution in [2.45, 2.75) is 6.42 Å². The molecule has 0 atom stereocenters. The zero-order valence-electron chi connectivity index (χ0n) is 12.9. The molecule has 122 valence electrons. The first-order valence-corrected chi connectivity index (χ1v) is 7.18.